The second kappa shape index (κ2) is 5.71. The molecule has 0 aliphatic heterocycles. The number of aliphatic hydroxyl groups excluding tert-OH is 1. The van der Waals surface area contributed by atoms with Crippen molar-refractivity contribution in [2.24, 2.45) is 0 Å². The van der Waals surface area contributed by atoms with E-state index in [-0.39, 0.29) is 5.75 Å². The van der Waals surface area contributed by atoms with Crippen molar-refractivity contribution in [3.8, 4) is 11.8 Å². The lowest BCUT2D eigenvalue weighted by Gasteiger charge is -2.28. The molecule has 0 saturated heterocycles. The molecule has 0 radical (unpaired) electrons. The Morgan fingerprint density at radius 2 is 1.95 bits per heavy atom. The van der Waals surface area contributed by atoms with E-state index in [1.165, 1.54) is 12.1 Å². The van der Waals surface area contributed by atoms with E-state index in [9.17, 15) is 18.3 Å². The lowest BCUT2D eigenvalue weighted by atomic mass is 9.95. The minimum atomic E-state index is -4.60. The van der Waals surface area contributed by atoms with Crippen molar-refractivity contribution in [3.63, 3.8) is 0 Å². The van der Waals surface area contributed by atoms with Gasteiger partial charge in [0.15, 0.2) is 0 Å². The maximum absolute atomic E-state index is 12.8. The van der Waals surface area contributed by atoms with Crippen molar-refractivity contribution < 1.29 is 23.0 Å². The van der Waals surface area contributed by atoms with Gasteiger partial charge < -0.3 is 9.84 Å². The number of nitriles is 1. The summed E-state index contributed by atoms with van der Waals surface area (Å²) in [7, 11) is 0. The van der Waals surface area contributed by atoms with Crippen LogP contribution in [0.4, 0.5) is 13.2 Å². The van der Waals surface area contributed by atoms with E-state index in [2.05, 4.69) is 0 Å². The number of rotatable bonds is 2. The molecule has 1 unspecified atom stereocenters. The van der Waals surface area contributed by atoms with Crippen LogP contribution in [0.25, 0.3) is 0 Å². The molecule has 0 heterocycles. The van der Waals surface area contributed by atoms with Gasteiger partial charge in [-0.2, -0.15) is 18.4 Å². The number of ether oxygens (including phenoxy) is 1. The standard InChI is InChI=1S/C14H14F3NO2/c15-14(16,17)11-7-10(6-5-9(11)8-18)20-13-4-2-1-3-12(13)19/h5-7,12-13,19H,1-4H2/t12?,13-/m0/s1. The topological polar surface area (TPSA) is 53.2 Å². The number of benzene rings is 1. The SMILES string of the molecule is N#Cc1ccc(O[C@H]2CCCCC2O)cc1C(F)(F)F. The number of hydrogen-bond donors (Lipinski definition) is 1. The van der Waals surface area contributed by atoms with Crippen molar-refractivity contribution in [2.75, 3.05) is 0 Å². The van der Waals surface area contributed by atoms with E-state index in [0.717, 1.165) is 25.0 Å². The van der Waals surface area contributed by atoms with Crippen molar-refractivity contribution in [2.45, 2.75) is 44.1 Å². The zero-order valence-corrected chi connectivity index (χ0v) is 10.7. The molecule has 1 fully saturated rings. The van der Waals surface area contributed by atoms with Crippen LogP contribution in [0.15, 0.2) is 18.2 Å². The Morgan fingerprint density at radius 3 is 2.55 bits per heavy atom. The van der Waals surface area contributed by atoms with Crippen molar-refractivity contribution >= 4 is 0 Å². The van der Waals surface area contributed by atoms with Gasteiger partial charge in [-0.25, -0.2) is 0 Å². The highest BCUT2D eigenvalue weighted by molar-refractivity contribution is 5.44. The molecule has 0 aromatic heterocycles. The normalized spacial score (nSPS) is 23.1. The number of nitrogens with zero attached hydrogens (tertiary/aromatic N) is 1. The molecule has 1 aromatic rings. The van der Waals surface area contributed by atoms with Crippen LogP contribution in [0.3, 0.4) is 0 Å². The average Bonchev–Trinajstić information content (AvgIpc) is 2.40. The largest absolute Gasteiger partial charge is 0.488 e. The lowest BCUT2D eigenvalue weighted by molar-refractivity contribution is -0.138. The quantitative estimate of drug-likeness (QED) is 0.907. The predicted octanol–water partition coefficient (Wildman–Crippen LogP) is 3.26. The smallest absolute Gasteiger partial charge is 0.417 e. The Labute approximate surface area is 114 Å². The predicted molar refractivity (Wildman–Crippen MR) is 65.0 cm³/mol. The molecule has 2 atom stereocenters. The summed E-state index contributed by atoms with van der Waals surface area (Å²) in [6, 6.07) is 4.76. The summed E-state index contributed by atoms with van der Waals surface area (Å²) < 4.78 is 43.9. The van der Waals surface area contributed by atoms with Crippen molar-refractivity contribution in [1.82, 2.24) is 0 Å². The molecule has 0 bridgehead atoms. The Kier molecular flexibility index (Phi) is 4.19. The third-order valence-corrected chi connectivity index (χ3v) is 3.37. The first-order valence-electron chi connectivity index (χ1n) is 6.38. The zero-order chi connectivity index (χ0) is 14.8. The van der Waals surface area contributed by atoms with Crippen LogP contribution in [0.5, 0.6) is 5.75 Å². The molecule has 0 spiro atoms. The Morgan fingerprint density at radius 1 is 1.25 bits per heavy atom. The third kappa shape index (κ3) is 3.23. The van der Waals surface area contributed by atoms with E-state index < -0.39 is 29.5 Å². The minimum absolute atomic E-state index is 0.0299. The molecule has 1 N–H and O–H groups in total. The summed E-state index contributed by atoms with van der Waals surface area (Å²) in [6.07, 6.45) is -2.77. The van der Waals surface area contributed by atoms with Gasteiger partial charge in [0.1, 0.15) is 11.9 Å². The monoisotopic (exact) mass is 285 g/mol. The average molecular weight is 285 g/mol. The third-order valence-electron chi connectivity index (χ3n) is 3.37. The molecule has 1 saturated carbocycles. The summed E-state index contributed by atoms with van der Waals surface area (Å²) in [4.78, 5) is 0. The highest BCUT2D eigenvalue weighted by Gasteiger charge is 2.34. The maximum Gasteiger partial charge on any atom is 0.417 e. The van der Waals surface area contributed by atoms with E-state index in [1.807, 2.05) is 0 Å². The van der Waals surface area contributed by atoms with Gasteiger partial charge in [-0.05, 0) is 37.5 Å². The molecule has 1 aliphatic rings. The molecule has 108 valence electrons. The van der Waals surface area contributed by atoms with Crippen LogP contribution in [-0.2, 0) is 6.18 Å². The van der Waals surface area contributed by atoms with Crippen molar-refractivity contribution in [1.29, 1.82) is 5.26 Å². The molecular weight excluding hydrogens is 271 g/mol. The molecule has 0 amide bonds. The van der Waals surface area contributed by atoms with E-state index in [0.29, 0.717) is 12.8 Å². The first kappa shape index (κ1) is 14.7. The van der Waals surface area contributed by atoms with Crippen LogP contribution < -0.4 is 4.74 Å². The molecule has 2 rings (SSSR count). The van der Waals surface area contributed by atoms with Crippen LogP contribution in [0.1, 0.15) is 36.8 Å². The summed E-state index contributed by atoms with van der Waals surface area (Å²) in [6.45, 7) is 0. The molecule has 6 heteroatoms. The fraction of sp³-hybridized carbons (Fsp3) is 0.500. The van der Waals surface area contributed by atoms with Crippen LogP contribution in [0.2, 0.25) is 0 Å². The molecule has 1 aliphatic carbocycles. The van der Waals surface area contributed by atoms with Crippen LogP contribution in [-0.4, -0.2) is 17.3 Å². The fourth-order valence-electron chi connectivity index (χ4n) is 2.32. The molecule has 20 heavy (non-hydrogen) atoms. The Hall–Kier alpha value is -1.74. The molecule has 3 nitrogen and oxygen atoms in total. The first-order chi connectivity index (χ1) is 9.41. The van der Waals surface area contributed by atoms with Gasteiger partial charge in [0.05, 0.1) is 23.3 Å². The summed E-state index contributed by atoms with van der Waals surface area (Å²) in [5.74, 6) is 0.0299. The number of aliphatic hydroxyl groups is 1. The van der Waals surface area contributed by atoms with E-state index in [1.54, 1.807) is 0 Å². The van der Waals surface area contributed by atoms with Gasteiger partial charge in [0.2, 0.25) is 0 Å². The van der Waals surface area contributed by atoms with E-state index in [4.69, 9.17) is 10.00 Å². The second-order valence-electron chi connectivity index (χ2n) is 4.83. The summed E-state index contributed by atoms with van der Waals surface area (Å²) in [5.41, 5.74) is -1.45. The van der Waals surface area contributed by atoms with Crippen LogP contribution >= 0.6 is 0 Å². The second-order valence-corrected chi connectivity index (χ2v) is 4.83. The first-order valence-corrected chi connectivity index (χ1v) is 6.38. The lowest BCUT2D eigenvalue weighted by Crippen LogP contribution is -2.34. The minimum Gasteiger partial charge on any atom is -0.488 e. The Balaban J connectivity index is 2.23. The summed E-state index contributed by atoms with van der Waals surface area (Å²) in [5, 5.41) is 18.5. The van der Waals surface area contributed by atoms with E-state index >= 15 is 0 Å². The maximum atomic E-state index is 12.8. The highest BCUT2D eigenvalue weighted by atomic mass is 19.4. The summed E-state index contributed by atoms with van der Waals surface area (Å²) >= 11 is 0. The fourth-order valence-corrected chi connectivity index (χ4v) is 2.32. The Bertz CT molecular complexity index is 522. The molecular formula is C14H14F3NO2. The molecule has 1 aromatic carbocycles. The van der Waals surface area contributed by atoms with Gasteiger partial charge in [0, 0.05) is 0 Å². The highest BCUT2D eigenvalue weighted by Crippen LogP contribution is 2.35. The number of alkyl halides is 3. The van der Waals surface area contributed by atoms with Gasteiger partial charge in [0.25, 0.3) is 0 Å². The van der Waals surface area contributed by atoms with Gasteiger partial charge >= 0.3 is 6.18 Å². The van der Waals surface area contributed by atoms with Gasteiger partial charge in [-0.1, -0.05) is 6.42 Å². The van der Waals surface area contributed by atoms with Crippen molar-refractivity contribution in [3.05, 3.63) is 29.3 Å². The van der Waals surface area contributed by atoms with Gasteiger partial charge in [-0.15, -0.1) is 0 Å². The van der Waals surface area contributed by atoms with Gasteiger partial charge in [-0.3, -0.25) is 0 Å². The van der Waals surface area contributed by atoms with Crippen LogP contribution in [0, 0.1) is 11.3 Å². The number of halogens is 3. The number of hydrogen-bond acceptors (Lipinski definition) is 3. The zero-order valence-electron chi connectivity index (χ0n) is 10.7.